The quantitative estimate of drug-likeness (QED) is 0.742. The maximum absolute atomic E-state index is 6.18. The first-order chi connectivity index (χ1) is 10.3. The van der Waals surface area contributed by atoms with Gasteiger partial charge in [0.1, 0.15) is 0 Å². The average molecular weight is 291 g/mol. The van der Waals surface area contributed by atoms with Crippen LogP contribution in [0.4, 0.5) is 0 Å². The van der Waals surface area contributed by atoms with E-state index in [1.165, 1.54) is 11.1 Å². The van der Waals surface area contributed by atoms with E-state index < -0.39 is 0 Å². The molecular formula is C18H29NO2. The fourth-order valence-electron chi connectivity index (χ4n) is 3.20. The summed E-state index contributed by atoms with van der Waals surface area (Å²) in [5.41, 5.74) is 2.89. The molecule has 0 fully saturated rings. The maximum Gasteiger partial charge on any atom is 0.0775 e. The fourth-order valence-corrected chi connectivity index (χ4v) is 3.20. The number of benzene rings is 1. The van der Waals surface area contributed by atoms with Gasteiger partial charge in [0.15, 0.2) is 0 Å². The smallest absolute Gasteiger partial charge is 0.0775 e. The number of hydrogen-bond acceptors (Lipinski definition) is 3. The van der Waals surface area contributed by atoms with Crippen LogP contribution in [-0.4, -0.2) is 33.0 Å². The highest BCUT2D eigenvalue weighted by Gasteiger charge is 2.33. The molecule has 21 heavy (non-hydrogen) atoms. The molecule has 0 saturated carbocycles. The van der Waals surface area contributed by atoms with E-state index in [1.54, 1.807) is 7.11 Å². The number of rotatable bonds is 8. The van der Waals surface area contributed by atoms with Crippen LogP contribution in [-0.2, 0) is 9.47 Å². The minimum Gasteiger partial charge on any atom is -0.385 e. The summed E-state index contributed by atoms with van der Waals surface area (Å²) >= 11 is 0. The first-order valence-electron chi connectivity index (χ1n) is 8.20. The van der Waals surface area contributed by atoms with Crippen molar-refractivity contribution in [3.05, 3.63) is 35.4 Å². The van der Waals surface area contributed by atoms with E-state index in [0.29, 0.717) is 12.0 Å². The molecule has 0 bridgehead atoms. The van der Waals surface area contributed by atoms with E-state index in [-0.39, 0.29) is 6.10 Å². The molecule has 0 radical (unpaired) electrons. The Morgan fingerprint density at radius 1 is 1.19 bits per heavy atom. The summed E-state index contributed by atoms with van der Waals surface area (Å²) in [6.07, 6.45) is 3.46. The van der Waals surface area contributed by atoms with Gasteiger partial charge in [0.25, 0.3) is 0 Å². The summed E-state index contributed by atoms with van der Waals surface area (Å²) in [4.78, 5) is 0. The molecule has 3 unspecified atom stereocenters. The third-order valence-electron chi connectivity index (χ3n) is 4.26. The lowest BCUT2D eigenvalue weighted by Gasteiger charge is -2.37. The van der Waals surface area contributed by atoms with Gasteiger partial charge >= 0.3 is 0 Å². The topological polar surface area (TPSA) is 30.5 Å². The molecule has 0 aromatic heterocycles. The van der Waals surface area contributed by atoms with Gasteiger partial charge in [-0.15, -0.1) is 0 Å². The van der Waals surface area contributed by atoms with Gasteiger partial charge in [-0.1, -0.05) is 38.1 Å². The lowest BCUT2D eigenvalue weighted by Crippen LogP contribution is -2.39. The highest BCUT2D eigenvalue weighted by Crippen LogP contribution is 2.38. The first kappa shape index (κ1) is 16.5. The molecule has 3 atom stereocenters. The molecule has 1 aliphatic carbocycles. The molecule has 3 heteroatoms. The molecule has 0 aliphatic heterocycles. The molecule has 3 nitrogen and oxygen atoms in total. The summed E-state index contributed by atoms with van der Waals surface area (Å²) in [5, 5.41) is 3.68. The van der Waals surface area contributed by atoms with Crippen molar-refractivity contribution < 1.29 is 9.47 Å². The van der Waals surface area contributed by atoms with E-state index in [9.17, 15) is 0 Å². The van der Waals surface area contributed by atoms with Crippen molar-refractivity contribution in [2.24, 2.45) is 0 Å². The van der Waals surface area contributed by atoms with Gasteiger partial charge in [-0.2, -0.15) is 0 Å². The van der Waals surface area contributed by atoms with Crippen LogP contribution >= 0.6 is 0 Å². The third-order valence-corrected chi connectivity index (χ3v) is 4.26. The minimum absolute atomic E-state index is 0.262. The molecule has 2 rings (SSSR count). The van der Waals surface area contributed by atoms with Crippen molar-refractivity contribution in [1.82, 2.24) is 5.32 Å². The van der Waals surface area contributed by atoms with Gasteiger partial charge in [-0.3, -0.25) is 0 Å². The monoisotopic (exact) mass is 291 g/mol. The second-order valence-corrected chi connectivity index (χ2v) is 5.95. The fraction of sp³-hybridized carbons (Fsp3) is 0.667. The minimum atomic E-state index is 0.262. The van der Waals surface area contributed by atoms with Crippen LogP contribution in [0.1, 0.15) is 56.2 Å². The van der Waals surface area contributed by atoms with Crippen molar-refractivity contribution in [1.29, 1.82) is 0 Å². The first-order valence-corrected chi connectivity index (χ1v) is 8.20. The molecule has 1 aromatic rings. The predicted molar refractivity (Wildman–Crippen MR) is 86.7 cm³/mol. The van der Waals surface area contributed by atoms with Gasteiger partial charge in [0, 0.05) is 20.3 Å². The Morgan fingerprint density at radius 3 is 2.67 bits per heavy atom. The second kappa shape index (κ2) is 8.52. The molecule has 118 valence electrons. The second-order valence-electron chi connectivity index (χ2n) is 5.95. The number of nitrogens with one attached hydrogen (secondary N) is 1. The Bertz CT molecular complexity index is 421. The van der Waals surface area contributed by atoms with Crippen LogP contribution in [0.25, 0.3) is 0 Å². The SMILES string of the molecule is CCCNC1c2ccccc2C(C)CC1OCCCOC. The van der Waals surface area contributed by atoms with Crippen LogP contribution in [0, 0.1) is 0 Å². The van der Waals surface area contributed by atoms with Gasteiger partial charge in [0.05, 0.1) is 12.1 Å². The zero-order valence-corrected chi connectivity index (χ0v) is 13.6. The highest BCUT2D eigenvalue weighted by molar-refractivity contribution is 5.36. The normalized spacial score (nSPS) is 24.8. The van der Waals surface area contributed by atoms with E-state index in [2.05, 4.69) is 43.4 Å². The number of ether oxygens (including phenoxy) is 2. The van der Waals surface area contributed by atoms with Gasteiger partial charge in [-0.05, 0) is 42.9 Å². The molecule has 0 amide bonds. The van der Waals surface area contributed by atoms with Gasteiger partial charge in [0.2, 0.25) is 0 Å². The van der Waals surface area contributed by atoms with E-state index in [0.717, 1.165) is 39.0 Å². The lowest BCUT2D eigenvalue weighted by atomic mass is 9.79. The largest absolute Gasteiger partial charge is 0.385 e. The van der Waals surface area contributed by atoms with E-state index >= 15 is 0 Å². The number of methoxy groups -OCH3 is 1. The van der Waals surface area contributed by atoms with Crippen LogP contribution in [0.2, 0.25) is 0 Å². The Kier molecular flexibility index (Phi) is 6.68. The standard InChI is InChI=1S/C18H29NO2/c1-4-10-19-18-16-9-6-5-8-15(16)14(2)13-17(18)21-12-7-11-20-3/h5-6,8-9,14,17-19H,4,7,10-13H2,1-3H3. The zero-order valence-electron chi connectivity index (χ0n) is 13.6. The molecule has 1 aromatic carbocycles. The molecule has 0 spiro atoms. The lowest BCUT2D eigenvalue weighted by molar-refractivity contribution is 0.00236. The van der Waals surface area contributed by atoms with Crippen LogP contribution in [0.5, 0.6) is 0 Å². The van der Waals surface area contributed by atoms with Crippen molar-refractivity contribution in [3.8, 4) is 0 Å². The summed E-state index contributed by atoms with van der Waals surface area (Å²) in [5.74, 6) is 0.563. The average Bonchev–Trinajstić information content (AvgIpc) is 2.51. The summed E-state index contributed by atoms with van der Waals surface area (Å²) in [6.45, 7) is 7.09. The zero-order chi connectivity index (χ0) is 15.1. The highest BCUT2D eigenvalue weighted by atomic mass is 16.5. The molecule has 1 aliphatic rings. The molecule has 1 N–H and O–H groups in total. The third kappa shape index (κ3) is 4.29. The maximum atomic E-state index is 6.18. The van der Waals surface area contributed by atoms with Crippen molar-refractivity contribution >= 4 is 0 Å². The van der Waals surface area contributed by atoms with Gasteiger partial charge in [-0.25, -0.2) is 0 Å². The summed E-state index contributed by atoms with van der Waals surface area (Å²) in [6, 6.07) is 9.12. The Labute approximate surface area is 129 Å². The van der Waals surface area contributed by atoms with E-state index in [1.807, 2.05) is 0 Å². The van der Waals surface area contributed by atoms with Crippen molar-refractivity contribution in [3.63, 3.8) is 0 Å². The molecule has 0 heterocycles. The Balaban J connectivity index is 2.08. The predicted octanol–water partition coefficient (Wildman–Crippen LogP) is 3.66. The summed E-state index contributed by atoms with van der Waals surface area (Å²) in [7, 11) is 1.74. The van der Waals surface area contributed by atoms with Crippen LogP contribution in [0.3, 0.4) is 0 Å². The van der Waals surface area contributed by atoms with Crippen LogP contribution < -0.4 is 5.32 Å². The van der Waals surface area contributed by atoms with Gasteiger partial charge < -0.3 is 14.8 Å². The van der Waals surface area contributed by atoms with E-state index in [4.69, 9.17) is 9.47 Å². The molecular weight excluding hydrogens is 262 g/mol. The number of hydrogen-bond donors (Lipinski definition) is 1. The Morgan fingerprint density at radius 2 is 1.95 bits per heavy atom. The number of fused-ring (bicyclic) bond motifs is 1. The van der Waals surface area contributed by atoms with Crippen molar-refractivity contribution in [2.75, 3.05) is 26.9 Å². The van der Waals surface area contributed by atoms with Crippen molar-refractivity contribution in [2.45, 2.75) is 51.2 Å². The summed E-state index contributed by atoms with van der Waals surface area (Å²) < 4.78 is 11.3. The molecule has 0 saturated heterocycles. The van der Waals surface area contributed by atoms with Crippen LogP contribution in [0.15, 0.2) is 24.3 Å². The Hall–Kier alpha value is -0.900.